The summed E-state index contributed by atoms with van der Waals surface area (Å²) in [6.07, 6.45) is 4.13. The molecule has 1 saturated heterocycles. The number of nitrogens with zero attached hydrogens (tertiary/aromatic N) is 2. The number of pyridine rings is 1. The number of nitrogen functional groups attached to an aromatic ring is 1. The Morgan fingerprint density at radius 1 is 1.50 bits per heavy atom. The van der Waals surface area contributed by atoms with E-state index in [0.717, 1.165) is 24.5 Å². The van der Waals surface area contributed by atoms with E-state index in [0.29, 0.717) is 5.92 Å². The average molecular weight is 209 g/mol. The molecule has 0 spiro atoms. The van der Waals surface area contributed by atoms with E-state index >= 15 is 0 Å². The van der Waals surface area contributed by atoms with Crippen molar-refractivity contribution < 1.29 is 0 Å². The minimum atomic E-state index is 0.516. The van der Waals surface area contributed by atoms with Gasteiger partial charge in [0, 0.05) is 24.7 Å². The van der Waals surface area contributed by atoms with E-state index in [1.54, 1.807) is 6.20 Å². The summed E-state index contributed by atoms with van der Waals surface area (Å²) in [6, 6.07) is 3.94. The van der Waals surface area contributed by atoms with Gasteiger partial charge in [0.1, 0.15) is 0 Å². The van der Waals surface area contributed by atoms with Crippen LogP contribution in [0.2, 0.25) is 0 Å². The summed E-state index contributed by atoms with van der Waals surface area (Å²) in [7, 11) is 0. The van der Waals surface area contributed by atoms with Crippen molar-refractivity contribution in [2.24, 2.45) is 0 Å². The molecule has 0 saturated carbocycles. The van der Waals surface area contributed by atoms with Gasteiger partial charge < -0.3 is 5.73 Å². The monoisotopic (exact) mass is 209 g/mol. The Labute approximate surface area is 89.9 Å². The molecule has 4 heteroatoms. The molecule has 3 nitrogen and oxygen atoms in total. The lowest BCUT2D eigenvalue weighted by molar-refractivity contribution is 0.342. The third-order valence-corrected chi connectivity index (χ3v) is 2.99. The van der Waals surface area contributed by atoms with Crippen molar-refractivity contribution >= 4 is 18.5 Å². The highest BCUT2D eigenvalue weighted by molar-refractivity contribution is 7.77. The summed E-state index contributed by atoms with van der Waals surface area (Å²) in [5, 5.41) is 0. The number of hydrogen-bond acceptors (Lipinski definition) is 4. The fraction of sp³-hybridized carbons (Fsp3) is 0.500. The number of anilines is 1. The standard InChI is InChI=1S/C10H15N3S/c11-9-3-4-10(12-6-9)8-2-1-5-13(14)7-8/h3-4,6,8,14H,1-2,5,7,11H2. The maximum absolute atomic E-state index is 5.60. The van der Waals surface area contributed by atoms with Crippen LogP contribution in [0.3, 0.4) is 0 Å². The van der Waals surface area contributed by atoms with Crippen molar-refractivity contribution in [2.75, 3.05) is 18.8 Å². The number of thiol groups is 1. The number of hydrogen-bond donors (Lipinski definition) is 2. The lowest BCUT2D eigenvalue weighted by Gasteiger charge is -2.28. The van der Waals surface area contributed by atoms with E-state index in [1.165, 1.54) is 12.8 Å². The van der Waals surface area contributed by atoms with Crippen LogP contribution >= 0.6 is 12.8 Å². The minimum absolute atomic E-state index is 0.516. The summed E-state index contributed by atoms with van der Waals surface area (Å²) in [4.78, 5) is 4.35. The largest absolute Gasteiger partial charge is 0.397 e. The molecule has 1 fully saturated rings. The molecule has 0 aromatic carbocycles. The minimum Gasteiger partial charge on any atom is -0.397 e. The summed E-state index contributed by atoms with van der Waals surface area (Å²) in [5.41, 5.74) is 7.46. The first-order chi connectivity index (χ1) is 6.75. The van der Waals surface area contributed by atoms with E-state index in [-0.39, 0.29) is 0 Å². The fourth-order valence-corrected chi connectivity index (χ4v) is 2.20. The van der Waals surface area contributed by atoms with E-state index in [9.17, 15) is 0 Å². The van der Waals surface area contributed by atoms with E-state index in [2.05, 4.69) is 22.1 Å². The summed E-state index contributed by atoms with van der Waals surface area (Å²) < 4.78 is 2.06. The van der Waals surface area contributed by atoms with Crippen molar-refractivity contribution in [1.29, 1.82) is 0 Å². The lowest BCUT2D eigenvalue weighted by Crippen LogP contribution is -2.27. The topological polar surface area (TPSA) is 42.1 Å². The molecule has 2 N–H and O–H groups in total. The van der Waals surface area contributed by atoms with Gasteiger partial charge in [0.15, 0.2) is 0 Å². The normalized spacial score (nSPS) is 23.6. The Morgan fingerprint density at radius 3 is 3.00 bits per heavy atom. The number of aromatic nitrogens is 1. The lowest BCUT2D eigenvalue weighted by atomic mass is 9.96. The van der Waals surface area contributed by atoms with Crippen LogP contribution in [0.15, 0.2) is 18.3 Å². The molecule has 0 radical (unpaired) electrons. The zero-order valence-electron chi connectivity index (χ0n) is 8.06. The first-order valence-electron chi connectivity index (χ1n) is 4.91. The van der Waals surface area contributed by atoms with Gasteiger partial charge in [0.25, 0.3) is 0 Å². The van der Waals surface area contributed by atoms with Crippen molar-refractivity contribution in [2.45, 2.75) is 18.8 Å². The second-order valence-electron chi connectivity index (χ2n) is 3.77. The molecule has 1 aromatic heterocycles. The fourth-order valence-electron chi connectivity index (χ4n) is 1.86. The van der Waals surface area contributed by atoms with Gasteiger partial charge in [-0.2, -0.15) is 0 Å². The Kier molecular flexibility index (Phi) is 2.93. The van der Waals surface area contributed by atoms with Crippen LogP contribution in [0.25, 0.3) is 0 Å². The third kappa shape index (κ3) is 2.19. The first kappa shape index (κ1) is 9.80. The third-order valence-electron chi connectivity index (χ3n) is 2.63. The maximum atomic E-state index is 5.60. The van der Waals surface area contributed by atoms with Crippen LogP contribution in [-0.4, -0.2) is 22.4 Å². The van der Waals surface area contributed by atoms with Crippen molar-refractivity contribution in [3.63, 3.8) is 0 Å². The molecule has 1 aliphatic heterocycles. The van der Waals surface area contributed by atoms with Crippen LogP contribution in [0, 0.1) is 0 Å². The van der Waals surface area contributed by atoms with Gasteiger partial charge in [-0.25, -0.2) is 0 Å². The zero-order valence-corrected chi connectivity index (χ0v) is 8.95. The average Bonchev–Trinajstić information content (AvgIpc) is 2.19. The summed E-state index contributed by atoms with van der Waals surface area (Å²) in [6.45, 7) is 2.06. The molecule has 0 bridgehead atoms. The molecule has 14 heavy (non-hydrogen) atoms. The van der Waals surface area contributed by atoms with Gasteiger partial charge in [-0.15, -0.1) is 0 Å². The molecule has 76 valence electrons. The molecule has 1 unspecified atom stereocenters. The zero-order chi connectivity index (χ0) is 9.97. The molecular formula is C10H15N3S. The van der Waals surface area contributed by atoms with Gasteiger partial charge in [-0.1, -0.05) is 12.8 Å². The molecular weight excluding hydrogens is 194 g/mol. The summed E-state index contributed by atoms with van der Waals surface area (Å²) >= 11 is 4.37. The molecule has 0 aliphatic carbocycles. The van der Waals surface area contributed by atoms with Gasteiger partial charge in [-0.05, 0) is 25.0 Å². The van der Waals surface area contributed by atoms with Crippen molar-refractivity contribution in [3.8, 4) is 0 Å². The highest BCUT2D eigenvalue weighted by Gasteiger charge is 2.20. The van der Waals surface area contributed by atoms with Gasteiger partial charge in [-0.3, -0.25) is 9.29 Å². The molecule has 1 atom stereocenters. The van der Waals surface area contributed by atoms with Crippen molar-refractivity contribution in [1.82, 2.24) is 9.29 Å². The Hall–Kier alpha value is -0.740. The Bertz CT molecular complexity index is 299. The predicted octanol–water partition coefficient (Wildman–Crippen LogP) is 1.69. The van der Waals surface area contributed by atoms with Crippen molar-refractivity contribution in [3.05, 3.63) is 24.0 Å². The molecule has 1 aromatic rings. The van der Waals surface area contributed by atoms with E-state index in [4.69, 9.17) is 5.73 Å². The van der Waals surface area contributed by atoms with Gasteiger partial charge >= 0.3 is 0 Å². The number of nitrogens with two attached hydrogens (primary N) is 1. The van der Waals surface area contributed by atoms with Gasteiger partial charge in [0.05, 0.1) is 11.9 Å². The van der Waals surface area contributed by atoms with E-state index < -0.39 is 0 Å². The molecule has 2 heterocycles. The first-order valence-corrected chi connectivity index (χ1v) is 5.31. The summed E-state index contributed by atoms with van der Waals surface area (Å²) in [5.74, 6) is 0.516. The van der Waals surface area contributed by atoms with Crippen LogP contribution in [0.1, 0.15) is 24.5 Å². The second-order valence-corrected chi connectivity index (χ2v) is 4.33. The number of piperidine rings is 1. The molecule has 2 rings (SSSR count). The van der Waals surface area contributed by atoms with Gasteiger partial charge in [0.2, 0.25) is 0 Å². The van der Waals surface area contributed by atoms with Crippen LogP contribution < -0.4 is 5.73 Å². The predicted molar refractivity (Wildman–Crippen MR) is 61.2 cm³/mol. The smallest absolute Gasteiger partial charge is 0.0501 e. The highest BCUT2D eigenvalue weighted by Crippen LogP contribution is 2.26. The Balaban J connectivity index is 2.10. The second kappa shape index (κ2) is 4.19. The molecule has 1 aliphatic rings. The van der Waals surface area contributed by atoms with Crippen LogP contribution in [-0.2, 0) is 0 Å². The van der Waals surface area contributed by atoms with Crippen LogP contribution in [0.4, 0.5) is 5.69 Å². The van der Waals surface area contributed by atoms with E-state index in [1.807, 2.05) is 12.1 Å². The SMILES string of the molecule is Nc1ccc(C2CCCN(S)C2)nc1. The maximum Gasteiger partial charge on any atom is 0.0501 e. The quantitative estimate of drug-likeness (QED) is 0.692. The number of rotatable bonds is 1. The highest BCUT2D eigenvalue weighted by atomic mass is 32.1. The Morgan fingerprint density at radius 2 is 2.36 bits per heavy atom. The van der Waals surface area contributed by atoms with Crippen LogP contribution in [0.5, 0.6) is 0 Å². The molecule has 0 amide bonds.